The standard InChI is InChI=1S/C15H14F3NO3S/c1-10(20)9-19(11-5-3-2-4-6-11)23(21,22)13-8-7-12(16)14(17)15(13)18/h2-8,10,20H,9H2,1H3. The molecule has 0 spiro atoms. The summed E-state index contributed by atoms with van der Waals surface area (Å²) in [6.07, 6.45) is -1.06. The molecule has 0 bridgehead atoms. The highest BCUT2D eigenvalue weighted by Crippen LogP contribution is 2.27. The first kappa shape index (κ1) is 17.3. The Labute approximate surface area is 131 Å². The fraction of sp³-hybridized carbons (Fsp3) is 0.200. The SMILES string of the molecule is CC(O)CN(c1ccccc1)S(=O)(=O)c1ccc(F)c(F)c1F. The van der Waals surface area contributed by atoms with Crippen molar-refractivity contribution in [2.24, 2.45) is 0 Å². The Hall–Kier alpha value is -2.06. The quantitative estimate of drug-likeness (QED) is 0.848. The van der Waals surface area contributed by atoms with Gasteiger partial charge in [0.15, 0.2) is 17.5 Å². The van der Waals surface area contributed by atoms with Crippen molar-refractivity contribution in [3.63, 3.8) is 0 Å². The van der Waals surface area contributed by atoms with Gasteiger partial charge in [-0.3, -0.25) is 4.31 Å². The summed E-state index contributed by atoms with van der Waals surface area (Å²) in [5, 5.41) is 9.53. The van der Waals surface area contributed by atoms with E-state index < -0.39 is 38.5 Å². The van der Waals surface area contributed by atoms with Crippen molar-refractivity contribution in [2.45, 2.75) is 17.9 Å². The lowest BCUT2D eigenvalue weighted by Crippen LogP contribution is -2.37. The van der Waals surface area contributed by atoms with E-state index in [-0.39, 0.29) is 12.2 Å². The van der Waals surface area contributed by atoms with Gasteiger partial charge in [-0.15, -0.1) is 0 Å². The van der Waals surface area contributed by atoms with Crippen LogP contribution in [0.3, 0.4) is 0 Å². The van der Waals surface area contributed by atoms with Crippen LogP contribution in [0.1, 0.15) is 6.92 Å². The van der Waals surface area contributed by atoms with Gasteiger partial charge in [0.1, 0.15) is 4.90 Å². The van der Waals surface area contributed by atoms with Crippen molar-refractivity contribution in [1.29, 1.82) is 0 Å². The minimum Gasteiger partial charge on any atom is -0.392 e. The lowest BCUT2D eigenvalue weighted by atomic mass is 10.3. The number of aliphatic hydroxyl groups is 1. The molecule has 0 heterocycles. The Balaban J connectivity index is 2.60. The molecule has 124 valence electrons. The largest absolute Gasteiger partial charge is 0.392 e. The summed E-state index contributed by atoms with van der Waals surface area (Å²) in [5.41, 5.74) is 0.164. The second kappa shape index (κ2) is 6.59. The van der Waals surface area contributed by atoms with Crippen LogP contribution < -0.4 is 4.31 Å². The maximum atomic E-state index is 13.9. The van der Waals surface area contributed by atoms with Crippen molar-refractivity contribution in [1.82, 2.24) is 0 Å². The third kappa shape index (κ3) is 3.48. The van der Waals surface area contributed by atoms with Gasteiger partial charge in [-0.25, -0.2) is 21.6 Å². The van der Waals surface area contributed by atoms with Crippen LogP contribution in [0.2, 0.25) is 0 Å². The minimum absolute atomic E-state index is 0.164. The fourth-order valence-electron chi connectivity index (χ4n) is 2.00. The average molecular weight is 345 g/mol. The van der Waals surface area contributed by atoms with E-state index in [1.807, 2.05) is 0 Å². The number of nitrogens with zero attached hydrogens (tertiary/aromatic N) is 1. The van der Waals surface area contributed by atoms with Crippen LogP contribution in [0.25, 0.3) is 0 Å². The minimum atomic E-state index is -4.53. The van der Waals surface area contributed by atoms with Gasteiger partial charge in [-0.2, -0.15) is 0 Å². The lowest BCUT2D eigenvalue weighted by molar-refractivity contribution is 0.204. The molecule has 2 aromatic rings. The molecule has 0 saturated carbocycles. The first-order valence-electron chi connectivity index (χ1n) is 6.64. The monoisotopic (exact) mass is 345 g/mol. The van der Waals surface area contributed by atoms with E-state index in [4.69, 9.17) is 0 Å². The molecule has 0 radical (unpaired) electrons. The van der Waals surface area contributed by atoms with Crippen LogP contribution in [0.4, 0.5) is 18.9 Å². The highest BCUT2D eigenvalue weighted by atomic mass is 32.2. The van der Waals surface area contributed by atoms with Gasteiger partial charge in [0, 0.05) is 0 Å². The summed E-state index contributed by atoms with van der Waals surface area (Å²) in [6, 6.07) is 8.84. The maximum Gasteiger partial charge on any atom is 0.267 e. The van der Waals surface area contributed by atoms with Gasteiger partial charge < -0.3 is 5.11 Å². The molecule has 0 aliphatic heterocycles. The normalized spacial score (nSPS) is 12.9. The molecule has 1 atom stereocenters. The Morgan fingerprint density at radius 3 is 2.22 bits per heavy atom. The van der Waals surface area contributed by atoms with Crippen molar-refractivity contribution < 1.29 is 26.7 Å². The lowest BCUT2D eigenvalue weighted by Gasteiger charge is -2.26. The zero-order valence-corrected chi connectivity index (χ0v) is 12.9. The highest BCUT2D eigenvalue weighted by molar-refractivity contribution is 7.92. The zero-order chi connectivity index (χ0) is 17.2. The van der Waals surface area contributed by atoms with E-state index >= 15 is 0 Å². The average Bonchev–Trinajstić information content (AvgIpc) is 2.50. The second-order valence-electron chi connectivity index (χ2n) is 4.89. The van der Waals surface area contributed by atoms with Crippen LogP contribution in [-0.2, 0) is 10.0 Å². The third-order valence-electron chi connectivity index (χ3n) is 3.04. The molecule has 0 saturated heterocycles. The van der Waals surface area contributed by atoms with Crippen molar-refractivity contribution >= 4 is 15.7 Å². The second-order valence-corrected chi connectivity index (χ2v) is 6.72. The van der Waals surface area contributed by atoms with Crippen LogP contribution in [0.15, 0.2) is 47.4 Å². The first-order chi connectivity index (χ1) is 10.7. The Morgan fingerprint density at radius 1 is 1.04 bits per heavy atom. The summed E-state index contributed by atoms with van der Waals surface area (Å²) < 4.78 is 66.3. The number of rotatable bonds is 5. The number of para-hydroxylation sites is 1. The molecular formula is C15H14F3NO3S. The molecule has 2 rings (SSSR count). The van der Waals surface area contributed by atoms with Gasteiger partial charge in [0.05, 0.1) is 18.3 Å². The number of hydrogen-bond acceptors (Lipinski definition) is 3. The molecule has 0 aliphatic carbocycles. The summed E-state index contributed by atoms with van der Waals surface area (Å²) in [5.74, 6) is -5.14. The Kier molecular flexibility index (Phi) is 4.96. The molecule has 0 amide bonds. The Morgan fingerprint density at radius 2 is 1.65 bits per heavy atom. The van der Waals surface area contributed by atoms with Gasteiger partial charge >= 0.3 is 0 Å². The van der Waals surface area contributed by atoms with E-state index in [9.17, 15) is 26.7 Å². The molecule has 0 aliphatic rings. The van der Waals surface area contributed by atoms with Crippen LogP contribution in [-0.4, -0.2) is 26.2 Å². The van der Waals surface area contributed by atoms with E-state index in [0.29, 0.717) is 12.1 Å². The molecule has 2 aromatic carbocycles. The predicted octanol–water partition coefficient (Wildman–Crippen LogP) is 2.68. The molecule has 1 unspecified atom stereocenters. The predicted molar refractivity (Wildman–Crippen MR) is 79.0 cm³/mol. The molecule has 4 nitrogen and oxygen atoms in total. The number of hydrogen-bond donors (Lipinski definition) is 1. The summed E-state index contributed by atoms with van der Waals surface area (Å²) in [4.78, 5) is -0.999. The van der Waals surface area contributed by atoms with E-state index in [2.05, 4.69) is 0 Å². The molecule has 0 fully saturated rings. The fourth-order valence-corrected chi connectivity index (χ4v) is 3.61. The number of aliphatic hydroxyl groups excluding tert-OH is 1. The van der Waals surface area contributed by atoms with Crippen molar-refractivity contribution in [3.8, 4) is 0 Å². The molecule has 8 heteroatoms. The number of halogens is 3. The molecular weight excluding hydrogens is 331 g/mol. The van der Waals surface area contributed by atoms with Gasteiger partial charge in [-0.05, 0) is 31.2 Å². The van der Waals surface area contributed by atoms with Gasteiger partial charge in [-0.1, -0.05) is 18.2 Å². The smallest absolute Gasteiger partial charge is 0.267 e. The van der Waals surface area contributed by atoms with E-state index in [0.717, 1.165) is 4.31 Å². The molecule has 1 N–H and O–H groups in total. The van der Waals surface area contributed by atoms with Crippen LogP contribution >= 0.6 is 0 Å². The highest BCUT2D eigenvalue weighted by Gasteiger charge is 2.31. The van der Waals surface area contributed by atoms with Crippen LogP contribution in [0.5, 0.6) is 0 Å². The van der Waals surface area contributed by atoms with Crippen LogP contribution in [0, 0.1) is 17.5 Å². The third-order valence-corrected chi connectivity index (χ3v) is 4.85. The Bertz CT molecular complexity index is 795. The summed E-state index contributed by atoms with van der Waals surface area (Å²) in [6.45, 7) is 0.984. The molecule has 0 aromatic heterocycles. The van der Waals surface area contributed by atoms with E-state index in [1.54, 1.807) is 18.2 Å². The van der Waals surface area contributed by atoms with Crippen molar-refractivity contribution in [3.05, 3.63) is 59.9 Å². The van der Waals surface area contributed by atoms with Gasteiger partial charge in [0.25, 0.3) is 10.0 Å². The number of anilines is 1. The number of sulfonamides is 1. The van der Waals surface area contributed by atoms with Crippen molar-refractivity contribution in [2.75, 3.05) is 10.8 Å². The van der Waals surface area contributed by atoms with E-state index in [1.165, 1.54) is 19.1 Å². The molecule has 23 heavy (non-hydrogen) atoms. The summed E-state index contributed by atoms with van der Waals surface area (Å²) in [7, 11) is -4.53. The zero-order valence-electron chi connectivity index (χ0n) is 12.1. The number of benzene rings is 2. The first-order valence-corrected chi connectivity index (χ1v) is 8.08. The summed E-state index contributed by atoms with van der Waals surface area (Å²) >= 11 is 0. The van der Waals surface area contributed by atoms with Gasteiger partial charge in [0.2, 0.25) is 0 Å². The topological polar surface area (TPSA) is 57.6 Å². The maximum absolute atomic E-state index is 13.9.